The lowest BCUT2D eigenvalue weighted by molar-refractivity contribution is 0.262. The van der Waals surface area contributed by atoms with Crippen molar-refractivity contribution in [2.45, 2.75) is 31.7 Å². The first-order chi connectivity index (χ1) is 5.88. The maximum Gasteiger partial charge on any atom is 0.0382 e. The lowest BCUT2D eigenvalue weighted by Crippen LogP contribution is -2.26. The molecule has 3 atom stereocenters. The van der Waals surface area contributed by atoms with Gasteiger partial charge in [-0.25, -0.2) is 0 Å². The van der Waals surface area contributed by atoms with Crippen LogP contribution in [0.2, 0.25) is 0 Å². The second-order valence-corrected chi connectivity index (χ2v) is 3.86. The van der Waals surface area contributed by atoms with Crippen molar-refractivity contribution in [3.05, 3.63) is 22.6 Å². The van der Waals surface area contributed by atoms with E-state index in [0.29, 0.717) is 5.92 Å². The van der Waals surface area contributed by atoms with E-state index in [-0.39, 0.29) is 6.04 Å². The third-order valence-corrected chi connectivity index (χ3v) is 2.91. The highest BCUT2D eigenvalue weighted by Gasteiger charge is 2.28. The van der Waals surface area contributed by atoms with E-state index >= 15 is 0 Å². The lowest BCUT2D eigenvalue weighted by atomic mass is 9.74. The van der Waals surface area contributed by atoms with Crippen LogP contribution in [0.5, 0.6) is 0 Å². The van der Waals surface area contributed by atoms with Crippen LogP contribution in [0.15, 0.2) is 17.3 Å². The highest BCUT2D eigenvalue weighted by atomic mass is 15.1. The Hall–Kier alpha value is -0.950. The molecule has 12 heavy (non-hydrogen) atoms. The molecule has 0 aromatic rings. The molecule has 2 aliphatic rings. The van der Waals surface area contributed by atoms with E-state index in [1.807, 2.05) is 0 Å². The first kappa shape index (κ1) is 7.69. The monoisotopic (exact) mass is 163 g/mol. The molecule has 0 amide bonds. The van der Waals surface area contributed by atoms with E-state index in [2.05, 4.69) is 22.2 Å². The van der Waals surface area contributed by atoms with Crippen molar-refractivity contribution in [1.29, 1.82) is 0 Å². The summed E-state index contributed by atoms with van der Waals surface area (Å²) >= 11 is 0. The Morgan fingerprint density at radius 1 is 1.33 bits per heavy atom. The van der Waals surface area contributed by atoms with Crippen LogP contribution in [0, 0.1) is 11.8 Å². The van der Waals surface area contributed by atoms with E-state index in [0.717, 1.165) is 18.8 Å². The van der Waals surface area contributed by atoms with E-state index in [1.165, 1.54) is 12.8 Å². The van der Waals surface area contributed by atoms with Crippen molar-refractivity contribution in [2.24, 2.45) is 17.0 Å². The van der Waals surface area contributed by atoms with Gasteiger partial charge in [0.05, 0.1) is 0 Å². The van der Waals surface area contributed by atoms with Crippen LogP contribution < -0.4 is 0 Å². The van der Waals surface area contributed by atoms with Gasteiger partial charge in [-0.3, -0.25) is 0 Å². The first-order valence-electron chi connectivity index (χ1n) is 4.59. The second-order valence-electron chi connectivity index (χ2n) is 3.86. The Morgan fingerprint density at radius 2 is 2.25 bits per heavy atom. The Morgan fingerprint density at radius 3 is 3.00 bits per heavy atom. The molecule has 1 unspecified atom stereocenters. The summed E-state index contributed by atoms with van der Waals surface area (Å²) in [5.41, 5.74) is 8.32. The molecule has 3 nitrogen and oxygen atoms in total. The van der Waals surface area contributed by atoms with Crippen molar-refractivity contribution in [1.82, 2.24) is 0 Å². The van der Waals surface area contributed by atoms with Crippen molar-refractivity contribution < 1.29 is 0 Å². The maximum absolute atomic E-state index is 8.32. The van der Waals surface area contributed by atoms with Crippen LogP contribution >= 0.6 is 0 Å². The summed E-state index contributed by atoms with van der Waals surface area (Å²) in [6, 6.07) is 0.267. The number of nitrogens with zero attached hydrogens (tertiary/aromatic N) is 3. The highest BCUT2D eigenvalue weighted by molar-refractivity contribution is 5.01. The Bertz CT molecular complexity index is 240. The number of fused-ring (bicyclic) bond motifs is 2. The van der Waals surface area contributed by atoms with Crippen LogP contribution in [-0.2, 0) is 0 Å². The largest absolute Gasteiger partial charge is 0.0906 e. The van der Waals surface area contributed by atoms with Gasteiger partial charge in [-0.05, 0) is 43.1 Å². The molecule has 0 N–H and O–H groups in total. The summed E-state index contributed by atoms with van der Waals surface area (Å²) in [4.78, 5) is 2.89. The molecule has 0 aliphatic heterocycles. The summed E-state index contributed by atoms with van der Waals surface area (Å²) < 4.78 is 0. The SMILES string of the molecule is [N-]=[N+]=NC1C[C@H]2C=CC[C@@H](C1)C2. The Labute approximate surface area is 72.1 Å². The summed E-state index contributed by atoms with van der Waals surface area (Å²) in [7, 11) is 0. The molecule has 2 bridgehead atoms. The Balaban J connectivity index is 2.07. The molecule has 3 heteroatoms. The van der Waals surface area contributed by atoms with Crippen molar-refractivity contribution in [3.8, 4) is 0 Å². The van der Waals surface area contributed by atoms with Crippen molar-refractivity contribution in [3.63, 3.8) is 0 Å². The number of allylic oxidation sites excluding steroid dienone is 2. The molecule has 2 aliphatic carbocycles. The number of rotatable bonds is 1. The molecule has 64 valence electrons. The normalized spacial score (nSPS) is 38.8. The molecular formula is C9H13N3. The molecule has 0 radical (unpaired) electrons. The summed E-state index contributed by atoms with van der Waals surface area (Å²) in [5, 5.41) is 3.81. The van der Waals surface area contributed by atoms with Gasteiger partial charge in [-0.15, -0.1) is 0 Å². The quantitative estimate of drug-likeness (QED) is 0.247. The third-order valence-electron chi connectivity index (χ3n) is 2.91. The molecule has 0 saturated heterocycles. The van der Waals surface area contributed by atoms with E-state index < -0.39 is 0 Å². The molecule has 1 fully saturated rings. The van der Waals surface area contributed by atoms with Crippen LogP contribution in [0.1, 0.15) is 25.7 Å². The maximum atomic E-state index is 8.32. The van der Waals surface area contributed by atoms with Gasteiger partial charge < -0.3 is 0 Å². The van der Waals surface area contributed by atoms with Gasteiger partial charge in [-0.1, -0.05) is 17.3 Å². The summed E-state index contributed by atoms with van der Waals surface area (Å²) in [6.07, 6.45) is 9.24. The van der Waals surface area contributed by atoms with Crippen LogP contribution in [0.25, 0.3) is 10.4 Å². The van der Waals surface area contributed by atoms with Crippen molar-refractivity contribution >= 4 is 0 Å². The van der Waals surface area contributed by atoms with E-state index in [4.69, 9.17) is 5.53 Å². The number of hydrogen-bond donors (Lipinski definition) is 0. The van der Waals surface area contributed by atoms with Crippen LogP contribution in [0.3, 0.4) is 0 Å². The van der Waals surface area contributed by atoms with Gasteiger partial charge in [0.25, 0.3) is 0 Å². The second kappa shape index (κ2) is 3.20. The van der Waals surface area contributed by atoms with Gasteiger partial charge in [-0.2, -0.15) is 0 Å². The average molecular weight is 163 g/mol. The van der Waals surface area contributed by atoms with Gasteiger partial charge in [0.2, 0.25) is 0 Å². The fourth-order valence-corrected chi connectivity index (χ4v) is 2.43. The van der Waals surface area contributed by atoms with Gasteiger partial charge >= 0.3 is 0 Å². The smallest absolute Gasteiger partial charge is 0.0382 e. The molecule has 0 aromatic heterocycles. The first-order valence-corrected chi connectivity index (χ1v) is 4.59. The molecule has 2 rings (SSSR count). The van der Waals surface area contributed by atoms with Crippen molar-refractivity contribution in [2.75, 3.05) is 0 Å². The minimum atomic E-state index is 0.267. The standard InChI is InChI=1S/C9H13N3/c10-12-11-9-5-7-2-1-3-8(4-7)6-9/h1-2,7-9H,3-6H2/t7-,8+,9?/m0/s1. The summed E-state index contributed by atoms with van der Waals surface area (Å²) in [5.74, 6) is 1.47. The lowest BCUT2D eigenvalue weighted by Gasteiger charge is -2.33. The Kier molecular flexibility index (Phi) is 2.05. The minimum Gasteiger partial charge on any atom is -0.0906 e. The molecule has 0 spiro atoms. The van der Waals surface area contributed by atoms with Gasteiger partial charge in [0, 0.05) is 11.0 Å². The zero-order valence-electron chi connectivity index (χ0n) is 7.06. The molecule has 1 saturated carbocycles. The van der Waals surface area contributed by atoms with Gasteiger partial charge in [0.1, 0.15) is 0 Å². The fraction of sp³-hybridized carbons (Fsp3) is 0.778. The number of azide groups is 1. The van der Waals surface area contributed by atoms with E-state index in [1.54, 1.807) is 0 Å². The predicted octanol–water partition coefficient (Wildman–Crippen LogP) is 3.04. The third kappa shape index (κ3) is 1.46. The molecule has 0 heterocycles. The highest BCUT2D eigenvalue weighted by Crippen LogP contribution is 2.37. The fourth-order valence-electron chi connectivity index (χ4n) is 2.43. The zero-order chi connectivity index (χ0) is 8.39. The topological polar surface area (TPSA) is 48.8 Å². The molecule has 0 aromatic carbocycles. The van der Waals surface area contributed by atoms with Crippen LogP contribution in [-0.4, -0.2) is 6.04 Å². The zero-order valence-corrected chi connectivity index (χ0v) is 7.06. The predicted molar refractivity (Wildman–Crippen MR) is 47.5 cm³/mol. The van der Waals surface area contributed by atoms with E-state index in [9.17, 15) is 0 Å². The molecular weight excluding hydrogens is 150 g/mol. The van der Waals surface area contributed by atoms with Crippen LogP contribution in [0.4, 0.5) is 0 Å². The number of hydrogen-bond acceptors (Lipinski definition) is 1. The average Bonchev–Trinajstić information content (AvgIpc) is 2.04. The van der Waals surface area contributed by atoms with Gasteiger partial charge in [0.15, 0.2) is 0 Å². The summed E-state index contributed by atoms with van der Waals surface area (Å²) in [6.45, 7) is 0. The minimum absolute atomic E-state index is 0.267.